The quantitative estimate of drug-likeness (QED) is 0.743. The molecule has 0 aliphatic heterocycles. The van der Waals surface area contributed by atoms with Gasteiger partial charge in [-0.3, -0.25) is 4.57 Å². The summed E-state index contributed by atoms with van der Waals surface area (Å²) in [6.07, 6.45) is 1.03. The molecule has 1 aromatic heterocycles. The zero-order chi connectivity index (χ0) is 13.4. The first-order valence-corrected chi connectivity index (χ1v) is 8.95. The molecule has 0 amide bonds. The monoisotopic (exact) mass is 301 g/mol. The molecule has 1 heterocycles. The molecule has 1 aromatic rings. The van der Waals surface area contributed by atoms with Crippen molar-refractivity contribution in [2.75, 3.05) is 6.26 Å². The summed E-state index contributed by atoms with van der Waals surface area (Å²) < 4.78 is 46.0. The molecule has 0 fully saturated rings. The zero-order valence-corrected chi connectivity index (χ0v) is 11.8. The molecule has 0 spiro atoms. The highest BCUT2D eigenvalue weighted by Crippen LogP contribution is 2.20. The average Bonchev–Trinajstić information content (AvgIpc) is 2.43. The average molecular weight is 302 g/mol. The molecule has 0 N–H and O–H groups in total. The normalized spacial score (nSPS) is 13.2. The van der Waals surface area contributed by atoms with Crippen LogP contribution in [0.2, 0.25) is 0 Å². The van der Waals surface area contributed by atoms with E-state index >= 15 is 0 Å². The molecule has 0 aliphatic rings. The Morgan fingerprint density at radius 2 is 1.76 bits per heavy atom. The lowest BCUT2D eigenvalue weighted by atomic mass is 10.4. The van der Waals surface area contributed by atoms with Gasteiger partial charge < -0.3 is 0 Å². The summed E-state index contributed by atoms with van der Waals surface area (Å²) in [5, 5.41) is 6.54. The first-order valence-electron chi connectivity index (χ1n) is 4.58. The summed E-state index contributed by atoms with van der Waals surface area (Å²) in [7, 11) is -2.18. The van der Waals surface area contributed by atoms with E-state index in [2.05, 4.69) is 10.2 Å². The third-order valence-corrected chi connectivity index (χ3v) is 3.77. The van der Waals surface area contributed by atoms with Gasteiger partial charge in [-0.15, -0.1) is 10.2 Å². The molecule has 10 heteroatoms. The Labute approximate surface area is 104 Å². The van der Waals surface area contributed by atoms with E-state index in [0.29, 0.717) is 0 Å². The van der Waals surface area contributed by atoms with E-state index in [1.807, 2.05) is 0 Å². The number of halogens is 1. The Morgan fingerprint density at radius 3 is 2.12 bits per heavy atom. The van der Waals surface area contributed by atoms with Crippen LogP contribution in [-0.2, 0) is 24.6 Å². The number of aromatic nitrogens is 3. The molecule has 0 atom stereocenters. The van der Waals surface area contributed by atoms with Crippen LogP contribution in [0.3, 0.4) is 0 Å². The Kier molecular flexibility index (Phi) is 3.84. The van der Waals surface area contributed by atoms with Gasteiger partial charge in [0.25, 0.3) is 14.2 Å². The van der Waals surface area contributed by atoms with E-state index in [4.69, 9.17) is 10.7 Å². The first-order chi connectivity index (χ1) is 7.52. The fraction of sp³-hybridized carbons (Fsp3) is 0.714. The first kappa shape index (κ1) is 14.4. The summed E-state index contributed by atoms with van der Waals surface area (Å²) in [6.45, 7) is 3.36. The Hall–Kier alpha value is -0.670. The fourth-order valence-corrected chi connectivity index (χ4v) is 3.00. The van der Waals surface area contributed by atoms with Crippen molar-refractivity contribution in [3.8, 4) is 0 Å². The van der Waals surface area contributed by atoms with Gasteiger partial charge in [-0.1, -0.05) is 0 Å². The lowest BCUT2D eigenvalue weighted by Crippen LogP contribution is -2.14. The third-order valence-electron chi connectivity index (χ3n) is 1.86. The van der Waals surface area contributed by atoms with Gasteiger partial charge in [0.05, 0.1) is 0 Å². The molecule has 0 radical (unpaired) electrons. The van der Waals surface area contributed by atoms with Crippen LogP contribution in [0, 0.1) is 0 Å². The number of hydrogen-bond donors (Lipinski definition) is 0. The second-order valence-electron chi connectivity index (χ2n) is 3.87. The third kappa shape index (κ3) is 3.65. The van der Waals surface area contributed by atoms with Gasteiger partial charge in [-0.25, -0.2) is 16.8 Å². The van der Waals surface area contributed by atoms with Gasteiger partial charge in [0.2, 0.25) is 0 Å². The summed E-state index contributed by atoms with van der Waals surface area (Å²) >= 11 is 0. The number of hydrogen-bond acceptors (Lipinski definition) is 6. The zero-order valence-electron chi connectivity index (χ0n) is 9.45. The molecule has 0 saturated carbocycles. The van der Waals surface area contributed by atoms with Crippen molar-refractivity contribution in [2.45, 2.75) is 30.8 Å². The summed E-state index contributed by atoms with van der Waals surface area (Å²) in [5.74, 6) is -0.327. The van der Waals surface area contributed by atoms with Gasteiger partial charge in [-0.2, -0.15) is 0 Å². The minimum Gasteiger partial charge on any atom is -0.297 e. The molecular weight excluding hydrogens is 290 g/mol. The molecule has 1 rings (SSSR count). The van der Waals surface area contributed by atoms with Crippen LogP contribution < -0.4 is 0 Å². The van der Waals surface area contributed by atoms with Crippen LogP contribution >= 0.6 is 10.7 Å². The maximum atomic E-state index is 11.2. The molecule has 17 heavy (non-hydrogen) atoms. The van der Waals surface area contributed by atoms with E-state index in [1.165, 1.54) is 4.57 Å². The highest BCUT2D eigenvalue weighted by atomic mass is 35.7. The van der Waals surface area contributed by atoms with Gasteiger partial charge >= 0.3 is 0 Å². The molecule has 0 aromatic carbocycles. The molecule has 7 nitrogen and oxygen atoms in total. The number of rotatable bonds is 4. The molecule has 0 saturated heterocycles. The number of sulfone groups is 1. The summed E-state index contributed by atoms with van der Waals surface area (Å²) in [4.78, 5) is 0. The summed E-state index contributed by atoms with van der Waals surface area (Å²) in [6, 6.07) is -0.315. The second-order valence-corrected chi connectivity index (χ2v) is 8.47. The van der Waals surface area contributed by atoms with Gasteiger partial charge in [0.1, 0.15) is 11.6 Å². The van der Waals surface area contributed by atoms with Crippen molar-refractivity contribution in [3.05, 3.63) is 5.82 Å². The maximum Gasteiger partial charge on any atom is 0.296 e. The molecule has 0 bridgehead atoms. The van der Waals surface area contributed by atoms with E-state index < -0.39 is 24.0 Å². The smallest absolute Gasteiger partial charge is 0.296 e. The van der Waals surface area contributed by atoms with Crippen molar-refractivity contribution >= 4 is 29.6 Å². The largest absolute Gasteiger partial charge is 0.297 e. The van der Waals surface area contributed by atoms with Crippen molar-refractivity contribution in [3.63, 3.8) is 0 Å². The van der Waals surface area contributed by atoms with Gasteiger partial charge in [-0.05, 0) is 13.8 Å². The lowest BCUT2D eigenvalue weighted by Gasteiger charge is -2.11. The Bertz CT molecular complexity index is 618. The van der Waals surface area contributed by atoms with E-state index in [9.17, 15) is 16.8 Å². The van der Waals surface area contributed by atoms with Crippen molar-refractivity contribution < 1.29 is 16.8 Å². The minimum absolute atomic E-state index is 0.0572. The summed E-state index contributed by atoms with van der Waals surface area (Å²) in [5.41, 5.74) is 0. The fourth-order valence-electron chi connectivity index (χ4n) is 1.33. The number of nitrogens with zero attached hydrogens (tertiary/aromatic N) is 3. The Morgan fingerprint density at radius 1 is 1.24 bits per heavy atom. The topological polar surface area (TPSA) is 99.0 Å². The highest BCUT2D eigenvalue weighted by molar-refractivity contribution is 8.13. The molecular formula is C7H12ClN3O4S2. The van der Waals surface area contributed by atoms with E-state index in [1.54, 1.807) is 13.8 Å². The van der Waals surface area contributed by atoms with E-state index in [0.717, 1.165) is 6.26 Å². The molecule has 98 valence electrons. The van der Waals surface area contributed by atoms with Crippen LogP contribution in [0.1, 0.15) is 25.7 Å². The van der Waals surface area contributed by atoms with Crippen molar-refractivity contribution in [2.24, 2.45) is 0 Å². The van der Waals surface area contributed by atoms with Crippen LogP contribution in [0.15, 0.2) is 5.16 Å². The van der Waals surface area contributed by atoms with Crippen LogP contribution in [0.4, 0.5) is 0 Å². The SMILES string of the molecule is CC(C)n1c(CS(C)(=O)=O)nnc1S(=O)(=O)Cl. The second kappa shape index (κ2) is 4.54. The van der Waals surface area contributed by atoms with Gasteiger partial charge in [0, 0.05) is 23.0 Å². The predicted octanol–water partition coefficient (Wildman–Crippen LogP) is 0.331. The van der Waals surface area contributed by atoms with Crippen molar-refractivity contribution in [1.82, 2.24) is 14.8 Å². The minimum atomic E-state index is -4.05. The molecule has 0 unspecified atom stereocenters. The highest BCUT2D eigenvalue weighted by Gasteiger charge is 2.25. The predicted molar refractivity (Wildman–Crippen MR) is 62.0 cm³/mol. The molecule has 0 aliphatic carbocycles. The van der Waals surface area contributed by atoms with Crippen molar-refractivity contribution in [1.29, 1.82) is 0 Å². The maximum absolute atomic E-state index is 11.2. The Balaban J connectivity index is 3.41. The van der Waals surface area contributed by atoms with E-state index in [-0.39, 0.29) is 17.6 Å². The van der Waals surface area contributed by atoms with Gasteiger partial charge in [0.15, 0.2) is 9.84 Å². The lowest BCUT2D eigenvalue weighted by molar-refractivity contribution is 0.512. The van der Waals surface area contributed by atoms with Crippen LogP contribution in [-0.4, -0.2) is 37.9 Å². The standard InChI is InChI=1S/C7H12ClN3O4S2/c1-5(2)11-6(4-16(3,12)13)9-10-7(11)17(8,14)15/h5H,4H2,1-3H3. The van der Waals surface area contributed by atoms with Crippen LogP contribution in [0.25, 0.3) is 0 Å². The van der Waals surface area contributed by atoms with Crippen LogP contribution in [0.5, 0.6) is 0 Å².